The van der Waals surface area contributed by atoms with E-state index in [0.29, 0.717) is 12.5 Å². The highest BCUT2D eigenvalue weighted by atomic mass is 16.5. The summed E-state index contributed by atoms with van der Waals surface area (Å²) in [5.41, 5.74) is 2.76. The van der Waals surface area contributed by atoms with Crippen LogP contribution in [0.1, 0.15) is 5.56 Å². The molecule has 4 rings (SSSR count). The Bertz CT molecular complexity index is 1050. The molecule has 2 aromatic heterocycles. The molecular formula is C21H19N5O. The van der Waals surface area contributed by atoms with E-state index >= 15 is 0 Å². The molecule has 0 bridgehead atoms. The molecule has 6 nitrogen and oxygen atoms in total. The third-order valence-corrected chi connectivity index (χ3v) is 4.16. The van der Waals surface area contributed by atoms with Gasteiger partial charge in [-0.25, -0.2) is 4.98 Å². The minimum atomic E-state index is 0.518. The van der Waals surface area contributed by atoms with E-state index in [1.54, 1.807) is 19.5 Å². The molecule has 0 unspecified atom stereocenters. The Morgan fingerprint density at radius 1 is 0.926 bits per heavy atom. The lowest BCUT2D eigenvalue weighted by Gasteiger charge is -2.13. The van der Waals surface area contributed by atoms with Crippen molar-refractivity contribution >= 4 is 28.4 Å². The number of ether oxygens (including phenoxy) is 1. The number of fused-ring (bicyclic) bond motifs is 1. The van der Waals surface area contributed by atoms with Gasteiger partial charge in [-0.3, -0.25) is 4.98 Å². The minimum absolute atomic E-state index is 0.518. The first-order chi connectivity index (χ1) is 13.3. The highest BCUT2D eigenvalue weighted by molar-refractivity contribution is 5.90. The quantitative estimate of drug-likeness (QED) is 0.533. The van der Waals surface area contributed by atoms with E-state index in [4.69, 9.17) is 4.74 Å². The van der Waals surface area contributed by atoms with Gasteiger partial charge in [0.2, 0.25) is 5.95 Å². The Balaban J connectivity index is 1.66. The summed E-state index contributed by atoms with van der Waals surface area (Å²) in [4.78, 5) is 13.4. The predicted octanol–water partition coefficient (Wildman–Crippen LogP) is 4.39. The Morgan fingerprint density at radius 2 is 1.78 bits per heavy atom. The fourth-order valence-corrected chi connectivity index (χ4v) is 2.86. The van der Waals surface area contributed by atoms with Crippen molar-refractivity contribution in [2.24, 2.45) is 0 Å². The Morgan fingerprint density at radius 3 is 2.63 bits per heavy atom. The van der Waals surface area contributed by atoms with E-state index in [0.717, 1.165) is 33.7 Å². The molecule has 6 heteroatoms. The van der Waals surface area contributed by atoms with Gasteiger partial charge in [0, 0.05) is 23.7 Å². The fraction of sp³-hybridized carbons (Fsp3) is 0.0952. The number of nitrogens with zero attached hydrogens (tertiary/aromatic N) is 3. The Kier molecular flexibility index (Phi) is 4.78. The number of methoxy groups -OCH3 is 1. The standard InChI is InChI=1S/C21H19N5O/c1-27-19-11-5-2-7-15(19)13-23-20-17-9-3-4-10-18(17)25-21(26-20)24-16-8-6-12-22-14-16/h2-12,14H,13H2,1H3,(H2,23,24,25,26). The van der Waals surface area contributed by atoms with Gasteiger partial charge in [0.15, 0.2) is 0 Å². The van der Waals surface area contributed by atoms with E-state index in [-0.39, 0.29) is 0 Å². The fourth-order valence-electron chi connectivity index (χ4n) is 2.86. The number of para-hydroxylation sites is 2. The van der Waals surface area contributed by atoms with Crippen LogP contribution in [0.15, 0.2) is 73.1 Å². The van der Waals surface area contributed by atoms with Crippen LogP contribution in [0, 0.1) is 0 Å². The lowest BCUT2D eigenvalue weighted by atomic mass is 10.2. The molecule has 0 saturated carbocycles. The molecule has 4 aromatic rings. The molecule has 0 aliphatic carbocycles. The summed E-state index contributed by atoms with van der Waals surface area (Å²) in [5, 5.41) is 7.59. The van der Waals surface area contributed by atoms with Crippen LogP contribution in [-0.2, 0) is 6.54 Å². The van der Waals surface area contributed by atoms with Gasteiger partial charge < -0.3 is 15.4 Å². The number of anilines is 3. The normalized spacial score (nSPS) is 10.6. The number of hydrogen-bond donors (Lipinski definition) is 2. The van der Waals surface area contributed by atoms with Crippen LogP contribution < -0.4 is 15.4 Å². The van der Waals surface area contributed by atoms with Gasteiger partial charge in [0.05, 0.1) is 24.5 Å². The summed E-state index contributed by atoms with van der Waals surface area (Å²) >= 11 is 0. The lowest BCUT2D eigenvalue weighted by molar-refractivity contribution is 0.410. The third-order valence-electron chi connectivity index (χ3n) is 4.16. The molecule has 0 atom stereocenters. The SMILES string of the molecule is COc1ccccc1CNc1nc(Nc2cccnc2)nc2ccccc12. The van der Waals surface area contributed by atoms with Gasteiger partial charge in [0.1, 0.15) is 11.6 Å². The second-order valence-electron chi connectivity index (χ2n) is 5.95. The molecule has 0 amide bonds. The van der Waals surface area contributed by atoms with Gasteiger partial charge in [-0.2, -0.15) is 4.98 Å². The molecule has 27 heavy (non-hydrogen) atoms. The maximum atomic E-state index is 5.43. The first-order valence-electron chi connectivity index (χ1n) is 8.63. The zero-order valence-corrected chi connectivity index (χ0v) is 14.9. The number of hydrogen-bond acceptors (Lipinski definition) is 6. The van der Waals surface area contributed by atoms with Gasteiger partial charge in [-0.15, -0.1) is 0 Å². The first kappa shape index (κ1) is 16.8. The highest BCUT2D eigenvalue weighted by Gasteiger charge is 2.09. The summed E-state index contributed by atoms with van der Waals surface area (Å²) in [6, 6.07) is 19.6. The van der Waals surface area contributed by atoms with E-state index in [9.17, 15) is 0 Å². The van der Waals surface area contributed by atoms with Gasteiger partial charge in [-0.1, -0.05) is 30.3 Å². The highest BCUT2D eigenvalue weighted by Crippen LogP contribution is 2.25. The third kappa shape index (κ3) is 3.79. The number of nitrogens with one attached hydrogen (secondary N) is 2. The van der Waals surface area contributed by atoms with Crippen LogP contribution in [0.3, 0.4) is 0 Å². The molecule has 134 valence electrons. The van der Waals surface area contributed by atoms with Crippen molar-refractivity contribution in [1.82, 2.24) is 15.0 Å². The number of rotatable bonds is 6. The zero-order chi connectivity index (χ0) is 18.5. The average Bonchev–Trinajstić information content (AvgIpc) is 2.73. The van der Waals surface area contributed by atoms with Crippen molar-refractivity contribution in [3.8, 4) is 5.75 Å². The smallest absolute Gasteiger partial charge is 0.229 e. The number of benzene rings is 2. The first-order valence-corrected chi connectivity index (χ1v) is 8.63. The van der Waals surface area contributed by atoms with Crippen molar-refractivity contribution in [3.63, 3.8) is 0 Å². The molecule has 2 heterocycles. The van der Waals surface area contributed by atoms with Crippen molar-refractivity contribution in [2.45, 2.75) is 6.54 Å². The second-order valence-corrected chi connectivity index (χ2v) is 5.95. The van der Waals surface area contributed by atoms with Crippen molar-refractivity contribution < 1.29 is 4.74 Å². The molecule has 0 saturated heterocycles. The molecular weight excluding hydrogens is 338 g/mol. The molecule has 2 N–H and O–H groups in total. The van der Waals surface area contributed by atoms with E-state index < -0.39 is 0 Å². The number of aromatic nitrogens is 3. The van der Waals surface area contributed by atoms with E-state index in [1.807, 2.05) is 60.7 Å². The molecule has 0 aliphatic heterocycles. The maximum Gasteiger partial charge on any atom is 0.229 e. The molecule has 0 spiro atoms. The predicted molar refractivity (Wildman–Crippen MR) is 107 cm³/mol. The molecule has 2 aromatic carbocycles. The summed E-state index contributed by atoms with van der Waals surface area (Å²) in [6.07, 6.45) is 3.47. The van der Waals surface area contributed by atoms with Crippen molar-refractivity contribution in [1.29, 1.82) is 0 Å². The molecule has 0 fully saturated rings. The zero-order valence-electron chi connectivity index (χ0n) is 14.9. The van der Waals surface area contributed by atoms with Crippen molar-refractivity contribution in [2.75, 3.05) is 17.7 Å². The minimum Gasteiger partial charge on any atom is -0.496 e. The topological polar surface area (TPSA) is 72.0 Å². The van der Waals surface area contributed by atoms with E-state index in [1.165, 1.54) is 0 Å². The maximum absolute atomic E-state index is 5.43. The summed E-state index contributed by atoms with van der Waals surface area (Å²) in [6.45, 7) is 0.595. The van der Waals surface area contributed by atoms with Crippen LogP contribution in [0.5, 0.6) is 5.75 Å². The molecule has 0 aliphatic rings. The van der Waals surface area contributed by atoms with Gasteiger partial charge in [-0.05, 0) is 30.3 Å². The Hall–Kier alpha value is -3.67. The van der Waals surface area contributed by atoms with Crippen molar-refractivity contribution in [3.05, 3.63) is 78.6 Å². The largest absolute Gasteiger partial charge is 0.496 e. The van der Waals surface area contributed by atoms with Crippen LogP contribution in [0.25, 0.3) is 10.9 Å². The van der Waals surface area contributed by atoms with Crippen LogP contribution in [0.2, 0.25) is 0 Å². The Labute approximate surface area is 157 Å². The summed E-state index contributed by atoms with van der Waals surface area (Å²) in [5.74, 6) is 2.12. The van der Waals surface area contributed by atoms with Crippen LogP contribution >= 0.6 is 0 Å². The van der Waals surface area contributed by atoms with Crippen LogP contribution in [0.4, 0.5) is 17.5 Å². The van der Waals surface area contributed by atoms with Gasteiger partial charge in [0.25, 0.3) is 0 Å². The van der Waals surface area contributed by atoms with Crippen LogP contribution in [-0.4, -0.2) is 22.1 Å². The monoisotopic (exact) mass is 357 g/mol. The van der Waals surface area contributed by atoms with Gasteiger partial charge >= 0.3 is 0 Å². The summed E-state index contributed by atoms with van der Waals surface area (Å²) < 4.78 is 5.43. The lowest BCUT2D eigenvalue weighted by Crippen LogP contribution is -2.06. The average molecular weight is 357 g/mol. The number of pyridine rings is 1. The summed E-state index contributed by atoms with van der Waals surface area (Å²) in [7, 11) is 1.68. The molecule has 0 radical (unpaired) electrons. The van der Waals surface area contributed by atoms with E-state index in [2.05, 4.69) is 25.6 Å². The second kappa shape index (κ2) is 7.70.